The minimum Gasteiger partial charge on any atom is -0.317 e. The first-order valence-electron chi connectivity index (χ1n) is 6.69. The fourth-order valence-electron chi connectivity index (χ4n) is 2.24. The van der Waals surface area contributed by atoms with Crippen LogP contribution in [0.15, 0.2) is 53.6 Å². The van der Waals surface area contributed by atoms with Gasteiger partial charge in [-0.15, -0.1) is 0 Å². The minimum absolute atomic E-state index is 0.202. The molecule has 1 aromatic heterocycles. The zero-order valence-electron chi connectivity index (χ0n) is 11.5. The van der Waals surface area contributed by atoms with Crippen LogP contribution < -0.4 is 0 Å². The highest BCUT2D eigenvalue weighted by Gasteiger charge is 2.33. The average molecular weight is 298 g/mol. The van der Waals surface area contributed by atoms with Crippen LogP contribution in [-0.2, 0) is 4.79 Å². The molecule has 3 rings (SSSR count). The van der Waals surface area contributed by atoms with Crippen molar-refractivity contribution in [2.24, 2.45) is 0 Å². The lowest BCUT2D eigenvalue weighted by Gasteiger charge is -2.08. The first-order chi connectivity index (χ1) is 10.2. The fourth-order valence-corrected chi connectivity index (χ4v) is 3.13. The molecule has 0 spiro atoms. The first kappa shape index (κ1) is 13.7. The Morgan fingerprint density at radius 2 is 1.86 bits per heavy atom. The summed E-state index contributed by atoms with van der Waals surface area (Å²) in [7, 11) is 0. The lowest BCUT2D eigenvalue weighted by atomic mass is 10.3. The lowest BCUT2D eigenvalue weighted by molar-refractivity contribution is -0.122. The smallest absolute Gasteiger partial charge is 0.293 e. The molecule has 2 aromatic rings. The maximum Gasteiger partial charge on any atom is 0.293 e. The summed E-state index contributed by atoms with van der Waals surface area (Å²) in [5.74, 6) is -0.215. The average Bonchev–Trinajstić information content (AvgIpc) is 3.06. The maximum atomic E-state index is 12.1. The number of aromatic nitrogens is 1. The Kier molecular flexibility index (Phi) is 3.66. The van der Waals surface area contributed by atoms with Crippen molar-refractivity contribution in [1.29, 1.82) is 0 Å². The number of carbonyl (C=O) groups excluding carboxylic acids is 2. The van der Waals surface area contributed by atoms with Gasteiger partial charge in [-0.25, -0.2) is 0 Å². The highest BCUT2D eigenvalue weighted by Crippen LogP contribution is 2.32. The fraction of sp³-hybridized carbons (Fsp3) is 0.125. The third-order valence-electron chi connectivity index (χ3n) is 3.28. The molecular weight excluding hydrogens is 284 g/mol. The molecule has 1 aliphatic heterocycles. The Bertz CT molecular complexity index is 719. The molecule has 106 valence electrons. The molecule has 5 heteroatoms. The Morgan fingerprint density at radius 3 is 2.52 bits per heavy atom. The van der Waals surface area contributed by atoms with Crippen LogP contribution in [0, 0.1) is 0 Å². The van der Waals surface area contributed by atoms with E-state index in [2.05, 4.69) is 0 Å². The van der Waals surface area contributed by atoms with Gasteiger partial charge < -0.3 is 4.57 Å². The summed E-state index contributed by atoms with van der Waals surface area (Å²) in [4.78, 5) is 25.6. The van der Waals surface area contributed by atoms with E-state index in [1.165, 1.54) is 4.90 Å². The molecule has 0 radical (unpaired) electrons. The van der Waals surface area contributed by atoms with Crippen LogP contribution in [0.4, 0.5) is 4.79 Å². The second-order valence-electron chi connectivity index (χ2n) is 4.56. The number of benzene rings is 1. The van der Waals surface area contributed by atoms with Crippen molar-refractivity contribution in [1.82, 2.24) is 9.47 Å². The molecule has 0 bridgehead atoms. The molecule has 1 fully saturated rings. The molecule has 0 N–H and O–H groups in total. The summed E-state index contributed by atoms with van der Waals surface area (Å²) < 4.78 is 1.99. The molecule has 21 heavy (non-hydrogen) atoms. The quantitative estimate of drug-likeness (QED) is 0.814. The normalized spacial score (nSPS) is 17.0. The standard InChI is InChI=1S/C16H14N2O2S/c1-2-17-15(19)14(21-16(17)20)11-13-9-6-10-18(13)12-7-4-3-5-8-12/h3-11H,2H2,1H3/b14-11+. The maximum absolute atomic E-state index is 12.1. The molecule has 0 atom stereocenters. The van der Waals surface area contributed by atoms with Gasteiger partial charge in [0.25, 0.3) is 11.1 Å². The third-order valence-corrected chi connectivity index (χ3v) is 4.19. The molecule has 0 aliphatic carbocycles. The largest absolute Gasteiger partial charge is 0.317 e. The predicted octanol–water partition coefficient (Wildman–Crippen LogP) is 3.53. The number of imide groups is 1. The number of hydrogen-bond acceptors (Lipinski definition) is 3. The van der Waals surface area contributed by atoms with E-state index in [9.17, 15) is 9.59 Å². The molecule has 0 unspecified atom stereocenters. The molecule has 1 saturated heterocycles. The summed E-state index contributed by atoms with van der Waals surface area (Å²) in [6.07, 6.45) is 3.71. The van der Waals surface area contributed by atoms with Gasteiger partial charge in [-0.2, -0.15) is 0 Å². The van der Waals surface area contributed by atoms with E-state index in [1.807, 2.05) is 53.2 Å². The van der Waals surface area contributed by atoms with Crippen LogP contribution in [0.5, 0.6) is 0 Å². The first-order valence-corrected chi connectivity index (χ1v) is 7.50. The van der Waals surface area contributed by atoms with Crippen LogP contribution >= 0.6 is 11.8 Å². The van der Waals surface area contributed by atoms with Gasteiger partial charge in [0, 0.05) is 24.1 Å². The van der Waals surface area contributed by atoms with Crippen LogP contribution in [-0.4, -0.2) is 27.2 Å². The molecule has 0 saturated carbocycles. The van der Waals surface area contributed by atoms with Gasteiger partial charge in [-0.1, -0.05) is 18.2 Å². The number of para-hydroxylation sites is 1. The van der Waals surface area contributed by atoms with Crippen LogP contribution in [0.25, 0.3) is 11.8 Å². The van der Waals surface area contributed by atoms with Gasteiger partial charge in [0.2, 0.25) is 0 Å². The topological polar surface area (TPSA) is 42.3 Å². The lowest BCUT2D eigenvalue weighted by Crippen LogP contribution is -2.27. The highest BCUT2D eigenvalue weighted by atomic mass is 32.2. The summed E-state index contributed by atoms with van der Waals surface area (Å²) in [6.45, 7) is 2.20. The van der Waals surface area contributed by atoms with Crippen molar-refractivity contribution < 1.29 is 9.59 Å². The van der Waals surface area contributed by atoms with E-state index in [-0.39, 0.29) is 11.1 Å². The summed E-state index contributed by atoms with van der Waals surface area (Å²) >= 11 is 0.994. The van der Waals surface area contributed by atoms with E-state index < -0.39 is 0 Å². The summed E-state index contributed by atoms with van der Waals surface area (Å²) in [6, 6.07) is 13.7. The molecule has 1 aliphatic rings. The zero-order chi connectivity index (χ0) is 14.8. The number of hydrogen-bond donors (Lipinski definition) is 0. The zero-order valence-corrected chi connectivity index (χ0v) is 12.3. The monoisotopic (exact) mass is 298 g/mol. The number of nitrogens with zero attached hydrogens (tertiary/aromatic N) is 2. The van der Waals surface area contributed by atoms with Crippen LogP contribution in [0.2, 0.25) is 0 Å². The number of thioether (sulfide) groups is 1. The molecule has 4 nitrogen and oxygen atoms in total. The SMILES string of the molecule is CCN1C(=O)S/C(=C/c2cccn2-c2ccccc2)C1=O. The van der Waals surface area contributed by atoms with Gasteiger partial charge in [-0.3, -0.25) is 14.5 Å². The van der Waals surface area contributed by atoms with Gasteiger partial charge >= 0.3 is 0 Å². The van der Waals surface area contributed by atoms with Crippen molar-refractivity contribution in [2.75, 3.05) is 6.54 Å². The highest BCUT2D eigenvalue weighted by molar-refractivity contribution is 8.18. The van der Waals surface area contributed by atoms with Crippen LogP contribution in [0.3, 0.4) is 0 Å². The van der Waals surface area contributed by atoms with Crippen molar-refractivity contribution in [3.8, 4) is 5.69 Å². The Morgan fingerprint density at radius 1 is 1.10 bits per heavy atom. The summed E-state index contributed by atoms with van der Waals surface area (Å²) in [5.41, 5.74) is 1.89. The number of amides is 2. The van der Waals surface area contributed by atoms with E-state index in [1.54, 1.807) is 13.0 Å². The second-order valence-corrected chi connectivity index (χ2v) is 5.56. The van der Waals surface area contributed by atoms with Crippen molar-refractivity contribution in [3.63, 3.8) is 0 Å². The molecule has 2 heterocycles. The predicted molar refractivity (Wildman–Crippen MR) is 84.1 cm³/mol. The van der Waals surface area contributed by atoms with Gasteiger partial charge in [0.15, 0.2) is 0 Å². The second kappa shape index (κ2) is 5.61. The Hall–Kier alpha value is -2.27. The number of rotatable bonds is 3. The van der Waals surface area contributed by atoms with Gasteiger partial charge in [-0.05, 0) is 49.0 Å². The van der Waals surface area contributed by atoms with Crippen LogP contribution in [0.1, 0.15) is 12.6 Å². The minimum atomic E-state index is -0.215. The Labute approximate surface area is 127 Å². The van der Waals surface area contributed by atoms with E-state index >= 15 is 0 Å². The molecular formula is C16H14N2O2S. The van der Waals surface area contributed by atoms with Crippen molar-refractivity contribution in [2.45, 2.75) is 6.92 Å². The van der Waals surface area contributed by atoms with Crippen molar-refractivity contribution in [3.05, 3.63) is 59.3 Å². The van der Waals surface area contributed by atoms with E-state index in [4.69, 9.17) is 0 Å². The number of carbonyl (C=O) groups is 2. The van der Waals surface area contributed by atoms with Crippen molar-refractivity contribution >= 4 is 29.0 Å². The van der Waals surface area contributed by atoms with Gasteiger partial charge in [0.1, 0.15) is 0 Å². The molecule has 2 amide bonds. The third kappa shape index (κ3) is 2.52. The van der Waals surface area contributed by atoms with E-state index in [0.29, 0.717) is 11.4 Å². The number of likely N-dealkylation sites (N-methyl/N-ethyl adjacent to an activating group) is 1. The van der Waals surface area contributed by atoms with Gasteiger partial charge in [0.05, 0.1) is 4.91 Å². The summed E-state index contributed by atoms with van der Waals surface area (Å²) in [5, 5.41) is -0.202. The molecule has 1 aromatic carbocycles. The van der Waals surface area contributed by atoms with E-state index in [0.717, 1.165) is 23.1 Å². The Balaban J connectivity index is 1.97.